The van der Waals surface area contributed by atoms with E-state index in [1.165, 1.54) is 48.5 Å². The minimum absolute atomic E-state index is 0.0686. The number of hydrogen-bond acceptors (Lipinski definition) is 6. The Labute approximate surface area is 181 Å². The third kappa shape index (κ3) is 4.43. The number of nitro groups is 1. The van der Waals surface area contributed by atoms with Crippen LogP contribution in [0, 0.1) is 17.0 Å². The number of carbonyl (C=O) groups is 1. The SMILES string of the molecule is Cc1cc(S(=O)(=O)Nc2cc(Cl)cnc2C(=O)c2ccccc2[N+](=O)[O-])ccc1Cl. The van der Waals surface area contributed by atoms with Gasteiger partial charge in [0.2, 0.25) is 5.78 Å². The van der Waals surface area contributed by atoms with E-state index in [0.29, 0.717) is 10.6 Å². The van der Waals surface area contributed by atoms with Crippen molar-refractivity contribution in [3.8, 4) is 0 Å². The number of pyridine rings is 1. The first-order chi connectivity index (χ1) is 14.1. The van der Waals surface area contributed by atoms with Gasteiger partial charge in [-0.05, 0) is 42.8 Å². The van der Waals surface area contributed by atoms with Crippen LogP contribution in [-0.2, 0) is 10.0 Å². The summed E-state index contributed by atoms with van der Waals surface area (Å²) in [6.45, 7) is 1.64. The van der Waals surface area contributed by atoms with Crippen LogP contribution in [0.15, 0.2) is 59.6 Å². The number of para-hydroxylation sites is 1. The highest BCUT2D eigenvalue weighted by molar-refractivity contribution is 7.92. The van der Waals surface area contributed by atoms with Gasteiger partial charge in [0.25, 0.3) is 15.7 Å². The molecule has 11 heteroatoms. The molecule has 0 aliphatic rings. The van der Waals surface area contributed by atoms with Crippen LogP contribution in [0.3, 0.4) is 0 Å². The van der Waals surface area contributed by atoms with Crippen molar-refractivity contribution >= 4 is 50.4 Å². The Hall–Kier alpha value is -3.01. The van der Waals surface area contributed by atoms with Crippen LogP contribution in [0.1, 0.15) is 21.6 Å². The van der Waals surface area contributed by atoms with Crippen molar-refractivity contribution in [3.63, 3.8) is 0 Å². The summed E-state index contributed by atoms with van der Waals surface area (Å²) in [4.78, 5) is 27.3. The second-order valence-electron chi connectivity index (χ2n) is 6.17. The molecule has 3 aromatic rings. The van der Waals surface area contributed by atoms with Gasteiger partial charge in [0, 0.05) is 17.3 Å². The highest BCUT2D eigenvalue weighted by Gasteiger charge is 2.26. The van der Waals surface area contributed by atoms with E-state index in [0.717, 1.165) is 6.20 Å². The van der Waals surface area contributed by atoms with Crippen molar-refractivity contribution in [2.24, 2.45) is 0 Å². The number of anilines is 1. The summed E-state index contributed by atoms with van der Waals surface area (Å²) < 4.78 is 27.9. The summed E-state index contributed by atoms with van der Waals surface area (Å²) in [6, 6.07) is 10.6. The molecule has 0 bridgehead atoms. The molecule has 0 amide bonds. The van der Waals surface area contributed by atoms with E-state index < -0.39 is 26.4 Å². The highest BCUT2D eigenvalue weighted by atomic mass is 35.5. The normalized spacial score (nSPS) is 11.2. The Morgan fingerprint density at radius 2 is 1.83 bits per heavy atom. The van der Waals surface area contributed by atoms with E-state index >= 15 is 0 Å². The molecule has 0 fully saturated rings. The Morgan fingerprint density at radius 3 is 2.50 bits per heavy atom. The molecule has 30 heavy (non-hydrogen) atoms. The fourth-order valence-electron chi connectivity index (χ4n) is 2.64. The van der Waals surface area contributed by atoms with Crippen LogP contribution in [0.25, 0.3) is 0 Å². The maximum Gasteiger partial charge on any atom is 0.280 e. The first-order valence-electron chi connectivity index (χ1n) is 8.33. The monoisotopic (exact) mass is 465 g/mol. The smallest absolute Gasteiger partial charge is 0.280 e. The third-order valence-corrected chi connectivity index (χ3v) is 6.09. The Morgan fingerprint density at radius 1 is 1.13 bits per heavy atom. The summed E-state index contributed by atoms with van der Waals surface area (Å²) in [5.41, 5.74) is -0.664. The number of ketones is 1. The van der Waals surface area contributed by atoms with Crippen LogP contribution < -0.4 is 4.72 Å². The molecule has 0 aliphatic heterocycles. The number of aryl methyl sites for hydroxylation is 1. The summed E-state index contributed by atoms with van der Waals surface area (Å²) >= 11 is 11.9. The number of nitro benzene ring substituents is 1. The van der Waals surface area contributed by atoms with Gasteiger partial charge < -0.3 is 0 Å². The van der Waals surface area contributed by atoms with Gasteiger partial charge in [-0.15, -0.1) is 0 Å². The lowest BCUT2D eigenvalue weighted by Crippen LogP contribution is -2.17. The number of nitrogens with one attached hydrogen (secondary N) is 1. The molecule has 8 nitrogen and oxygen atoms in total. The molecular weight excluding hydrogens is 453 g/mol. The number of carbonyl (C=O) groups excluding carboxylic acids is 1. The zero-order valence-corrected chi connectivity index (χ0v) is 17.6. The second-order valence-corrected chi connectivity index (χ2v) is 8.70. The molecule has 0 atom stereocenters. The Bertz CT molecular complexity index is 1280. The number of rotatable bonds is 6. The van der Waals surface area contributed by atoms with Crippen molar-refractivity contribution in [1.29, 1.82) is 0 Å². The number of sulfonamides is 1. The molecular formula is C19H13Cl2N3O5S. The molecule has 2 aromatic carbocycles. The molecule has 0 saturated heterocycles. The van der Waals surface area contributed by atoms with Crippen molar-refractivity contribution in [2.75, 3.05) is 4.72 Å². The number of halogens is 2. The molecule has 0 spiro atoms. The summed E-state index contributed by atoms with van der Waals surface area (Å²) in [5.74, 6) is -0.830. The van der Waals surface area contributed by atoms with Gasteiger partial charge in [-0.2, -0.15) is 0 Å². The average molecular weight is 466 g/mol. The molecule has 1 aromatic heterocycles. The maximum absolute atomic E-state index is 13.0. The summed E-state index contributed by atoms with van der Waals surface area (Å²) in [7, 11) is -4.13. The van der Waals surface area contributed by atoms with Gasteiger partial charge in [0.1, 0.15) is 11.3 Å². The topological polar surface area (TPSA) is 119 Å². The molecule has 3 rings (SSSR count). The maximum atomic E-state index is 13.0. The van der Waals surface area contributed by atoms with E-state index in [1.54, 1.807) is 6.92 Å². The predicted molar refractivity (Wildman–Crippen MR) is 113 cm³/mol. The Balaban J connectivity index is 2.07. The van der Waals surface area contributed by atoms with Crippen LogP contribution in [0.5, 0.6) is 0 Å². The number of hydrogen-bond donors (Lipinski definition) is 1. The van der Waals surface area contributed by atoms with Crippen LogP contribution in [0.4, 0.5) is 11.4 Å². The van der Waals surface area contributed by atoms with Crippen molar-refractivity contribution < 1.29 is 18.1 Å². The van der Waals surface area contributed by atoms with E-state index in [4.69, 9.17) is 23.2 Å². The standard InChI is InChI=1S/C19H13Cl2N3O5S/c1-11-8-13(6-7-15(11)21)30(28,29)23-16-9-12(20)10-22-18(16)19(25)14-4-2-3-5-17(14)24(26)27/h2-10,23H,1H3. The molecule has 0 saturated carbocycles. The van der Waals surface area contributed by atoms with E-state index in [1.807, 2.05) is 0 Å². The third-order valence-electron chi connectivity index (χ3n) is 4.10. The average Bonchev–Trinajstić information content (AvgIpc) is 2.69. The summed E-state index contributed by atoms with van der Waals surface area (Å²) in [6.07, 6.45) is 1.15. The minimum Gasteiger partial charge on any atom is -0.286 e. The quantitative estimate of drug-likeness (QED) is 0.321. The second kappa shape index (κ2) is 8.39. The van der Waals surface area contributed by atoms with E-state index in [-0.39, 0.29) is 26.9 Å². The first-order valence-corrected chi connectivity index (χ1v) is 10.6. The molecule has 0 radical (unpaired) electrons. The van der Waals surface area contributed by atoms with Gasteiger partial charge in [-0.1, -0.05) is 35.3 Å². The number of nitrogens with zero attached hydrogens (tertiary/aromatic N) is 2. The molecule has 0 aliphatic carbocycles. The van der Waals surface area contributed by atoms with Gasteiger partial charge in [-0.25, -0.2) is 13.4 Å². The lowest BCUT2D eigenvalue weighted by Gasteiger charge is -2.13. The molecule has 0 unspecified atom stereocenters. The minimum atomic E-state index is -4.13. The highest BCUT2D eigenvalue weighted by Crippen LogP contribution is 2.28. The predicted octanol–water partition coefficient (Wildman–Crippen LogP) is 4.64. The van der Waals surface area contributed by atoms with E-state index in [9.17, 15) is 23.3 Å². The first kappa shape index (κ1) is 21.7. The van der Waals surface area contributed by atoms with Crippen molar-refractivity contribution in [1.82, 2.24) is 4.98 Å². The van der Waals surface area contributed by atoms with Crippen molar-refractivity contribution in [2.45, 2.75) is 11.8 Å². The summed E-state index contributed by atoms with van der Waals surface area (Å²) in [5, 5.41) is 11.7. The van der Waals surface area contributed by atoms with Crippen LogP contribution >= 0.6 is 23.2 Å². The molecule has 1 N–H and O–H groups in total. The molecule has 1 heterocycles. The van der Waals surface area contributed by atoms with Crippen LogP contribution in [-0.4, -0.2) is 24.1 Å². The van der Waals surface area contributed by atoms with Gasteiger partial charge in [0.05, 0.1) is 20.5 Å². The van der Waals surface area contributed by atoms with Gasteiger partial charge in [-0.3, -0.25) is 19.6 Å². The number of aromatic nitrogens is 1. The largest absolute Gasteiger partial charge is 0.286 e. The van der Waals surface area contributed by atoms with Crippen molar-refractivity contribution in [3.05, 3.63) is 91.7 Å². The lowest BCUT2D eigenvalue weighted by molar-refractivity contribution is -0.385. The fraction of sp³-hybridized carbons (Fsp3) is 0.0526. The van der Waals surface area contributed by atoms with E-state index in [2.05, 4.69) is 9.71 Å². The van der Waals surface area contributed by atoms with Gasteiger partial charge >= 0.3 is 0 Å². The number of benzene rings is 2. The lowest BCUT2D eigenvalue weighted by atomic mass is 10.0. The Kier molecular flexibility index (Phi) is 6.06. The zero-order valence-electron chi connectivity index (χ0n) is 15.3. The zero-order chi connectivity index (χ0) is 22.1. The van der Waals surface area contributed by atoms with Crippen LogP contribution in [0.2, 0.25) is 10.0 Å². The fourth-order valence-corrected chi connectivity index (χ4v) is 4.06. The molecule has 154 valence electrons. The van der Waals surface area contributed by atoms with Gasteiger partial charge in [0.15, 0.2) is 0 Å².